The van der Waals surface area contributed by atoms with Gasteiger partial charge in [0.1, 0.15) is 0 Å². The van der Waals surface area contributed by atoms with E-state index in [0.717, 1.165) is 0 Å². The fourth-order valence-corrected chi connectivity index (χ4v) is 2.22. The van der Waals surface area contributed by atoms with Gasteiger partial charge in [0.05, 0.1) is 9.13 Å². The molecule has 0 bridgehead atoms. The van der Waals surface area contributed by atoms with Gasteiger partial charge in [-0.25, -0.2) is 6.14 Å². The molecule has 0 aliphatic rings. The van der Waals surface area contributed by atoms with Crippen LogP contribution in [0.5, 0.6) is 0 Å². The number of hydrogen-bond donors (Lipinski definition) is 1. The topological polar surface area (TPSA) is 77.2 Å². The summed E-state index contributed by atoms with van der Waals surface area (Å²) in [5, 5.41) is 0. The van der Waals surface area contributed by atoms with Crippen LogP contribution in [0.4, 0.5) is 0 Å². The minimum absolute atomic E-state index is 0.0641. The van der Waals surface area contributed by atoms with Gasteiger partial charge in [-0.05, 0) is 12.1 Å². The number of rotatable bonds is 2. The summed E-state index contributed by atoms with van der Waals surface area (Å²) in [5.41, 5.74) is 5.04. The monoisotopic (exact) mass is 279 g/mol. The van der Waals surface area contributed by atoms with E-state index in [1.165, 1.54) is 12.1 Å². The van der Waals surface area contributed by atoms with Crippen molar-refractivity contribution in [2.45, 2.75) is 0 Å². The lowest BCUT2D eigenvalue weighted by molar-refractivity contribution is 0.0999. The summed E-state index contributed by atoms with van der Waals surface area (Å²) < 4.78 is 21.4. The van der Waals surface area contributed by atoms with E-state index < -0.39 is 25.7 Å². The molecular weight excluding hydrogens is 273 g/mol. The van der Waals surface area contributed by atoms with Gasteiger partial charge in [0.25, 0.3) is 0 Å². The molecule has 0 aliphatic heterocycles. The van der Waals surface area contributed by atoms with Gasteiger partial charge in [-0.15, -0.1) is 0 Å². The van der Waals surface area contributed by atoms with Crippen LogP contribution in [0.15, 0.2) is 24.3 Å². The molecular formula is C7H6INO3. The molecule has 0 radical (unpaired) electrons. The molecule has 12 heavy (non-hydrogen) atoms. The van der Waals surface area contributed by atoms with Gasteiger partial charge in [0.15, 0.2) is 0 Å². The standard InChI is InChI=1S/C7H6INO3/c9-7(10)5-3-1-2-4-6(5)8(11)12/h1-4H,(H2,9,10). The first kappa shape index (κ1) is 9.11. The molecule has 1 aromatic rings. The van der Waals surface area contributed by atoms with E-state index in [0.29, 0.717) is 0 Å². The molecule has 0 aromatic heterocycles. The summed E-state index contributed by atoms with van der Waals surface area (Å²) in [6.45, 7) is 0. The van der Waals surface area contributed by atoms with E-state index in [2.05, 4.69) is 0 Å². The van der Waals surface area contributed by atoms with E-state index in [-0.39, 0.29) is 9.13 Å². The second-order valence-corrected chi connectivity index (χ2v) is 4.46. The molecule has 1 rings (SSSR count). The maximum Gasteiger partial charge on any atom is 0.341 e. The van der Waals surface area contributed by atoms with Crippen LogP contribution in [0.3, 0.4) is 0 Å². The zero-order valence-electron chi connectivity index (χ0n) is 5.99. The maximum atomic E-state index is 10.7. The normalized spacial score (nSPS) is 10.1. The van der Waals surface area contributed by atoms with E-state index >= 15 is 0 Å². The van der Waals surface area contributed by atoms with Crippen molar-refractivity contribution < 1.29 is 10.9 Å². The van der Waals surface area contributed by atoms with Gasteiger partial charge in [0.2, 0.25) is 5.91 Å². The number of carbonyl (C=O) groups is 1. The molecule has 4 nitrogen and oxygen atoms in total. The Morgan fingerprint density at radius 1 is 1.25 bits per heavy atom. The van der Waals surface area contributed by atoms with Crippen LogP contribution in [-0.2, 0) is 6.14 Å². The van der Waals surface area contributed by atoms with Gasteiger partial charge < -0.3 is 5.73 Å². The number of amides is 1. The molecule has 0 saturated carbocycles. The van der Waals surface area contributed by atoms with E-state index in [1.807, 2.05) is 0 Å². The highest BCUT2D eigenvalue weighted by Gasteiger charge is 2.09. The molecule has 0 spiro atoms. The zero-order chi connectivity index (χ0) is 9.14. The quantitative estimate of drug-likeness (QED) is 0.825. The number of carbonyl (C=O) groups excluding carboxylic acids is 1. The maximum absolute atomic E-state index is 10.7. The Labute approximate surface area is 75.9 Å². The molecule has 64 valence electrons. The second-order valence-electron chi connectivity index (χ2n) is 2.06. The van der Waals surface area contributed by atoms with Crippen LogP contribution in [0.2, 0.25) is 0 Å². The van der Waals surface area contributed by atoms with Crippen molar-refractivity contribution in [3.8, 4) is 0 Å². The second kappa shape index (κ2) is 3.61. The van der Waals surface area contributed by atoms with Gasteiger partial charge in [0, 0.05) is 0 Å². The Hall–Kier alpha value is -0.980. The Morgan fingerprint density at radius 2 is 1.83 bits per heavy atom. The molecule has 0 atom stereocenters. The van der Waals surface area contributed by atoms with Crippen LogP contribution >= 0.6 is 19.8 Å². The van der Waals surface area contributed by atoms with Crippen LogP contribution in [0.25, 0.3) is 0 Å². The summed E-state index contributed by atoms with van der Waals surface area (Å²) in [7, 11) is 0. The zero-order valence-corrected chi connectivity index (χ0v) is 8.15. The van der Waals surface area contributed by atoms with Crippen LogP contribution in [0, 0.1) is 3.57 Å². The first-order chi connectivity index (χ1) is 5.63. The minimum atomic E-state index is -3.59. The first-order valence-electron chi connectivity index (χ1n) is 3.07. The van der Waals surface area contributed by atoms with Crippen molar-refractivity contribution in [1.29, 1.82) is 0 Å². The molecule has 1 amide bonds. The molecule has 0 unspecified atom stereocenters. The van der Waals surface area contributed by atoms with Crippen molar-refractivity contribution in [1.82, 2.24) is 0 Å². The molecule has 0 aliphatic carbocycles. The van der Waals surface area contributed by atoms with E-state index in [4.69, 9.17) is 5.73 Å². The lowest BCUT2D eigenvalue weighted by Gasteiger charge is -1.95. The summed E-state index contributed by atoms with van der Waals surface area (Å²) in [6, 6.07) is 5.91. The first-order valence-corrected chi connectivity index (χ1v) is 5.91. The average molecular weight is 279 g/mol. The molecule has 2 N–H and O–H groups in total. The van der Waals surface area contributed by atoms with Crippen LogP contribution in [0.1, 0.15) is 10.4 Å². The van der Waals surface area contributed by atoms with Gasteiger partial charge in [-0.1, -0.05) is 12.1 Å². The predicted molar refractivity (Wildman–Crippen MR) is 49.0 cm³/mol. The van der Waals surface area contributed by atoms with Crippen molar-refractivity contribution in [3.05, 3.63) is 33.4 Å². The van der Waals surface area contributed by atoms with Gasteiger partial charge in [-0.2, -0.15) is 0 Å². The number of halogens is 1. The fraction of sp³-hybridized carbons (Fsp3) is 0. The Balaban J connectivity index is 3.36. The highest BCUT2D eigenvalue weighted by atomic mass is 127. The highest BCUT2D eigenvalue weighted by molar-refractivity contribution is 14.2. The highest BCUT2D eigenvalue weighted by Crippen LogP contribution is 2.20. The van der Waals surface area contributed by atoms with Gasteiger partial charge in [-0.3, -0.25) is 4.79 Å². The number of primary amides is 1. The third-order valence-electron chi connectivity index (χ3n) is 1.31. The molecule has 0 heterocycles. The largest absolute Gasteiger partial charge is 0.366 e. The minimum Gasteiger partial charge on any atom is -0.366 e. The fourth-order valence-electron chi connectivity index (χ4n) is 0.796. The Bertz CT molecular complexity index is 376. The lowest BCUT2D eigenvalue weighted by atomic mass is 10.2. The molecule has 1 aromatic carbocycles. The van der Waals surface area contributed by atoms with E-state index in [1.54, 1.807) is 12.1 Å². The lowest BCUT2D eigenvalue weighted by Crippen LogP contribution is -2.12. The van der Waals surface area contributed by atoms with Crippen molar-refractivity contribution in [3.63, 3.8) is 0 Å². The number of benzene rings is 1. The van der Waals surface area contributed by atoms with Crippen LogP contribution < -0.4 is 5.73 Å². The molecule has 0 fully saturated rings. The summed E-state index contributed by atoms with van der Waals surface area (Å²) in [5.74, 6) is -0.709. The molecule has 5 heteroatoms. The number of nitrogens with two attached hydrogens (primary N) is 1. The average Bonchev–Trinajstić information content (AvgIpc) is 2.04. The predicted octanol–water partition coefficient (Wildman–Crippen LogP) is 1.15. The van der Waals surface area contributed by atoms with Crippen LogP contribution in [-0.4, -0.2) is 5.91 Å². The Morgan fingerprint density at radius 3 is 2.25 bits per heavy atom. The third-order valence-corrected chi connectivity index (χ3v) is 3.20. The van der Waals surface area contributed by atoms with Crippen molar-refractivity contribution >= 4 is 25.7 Å². The Kier molecular flexibility index (Phi) is 2.74. The van der Waals surface area contributed by atoms with Crippen molar-refractivity contribution in [2.75, 3.05) is 0 Å². The summed E-state index contributed by atoms with van der Waals surface area (Å²) in [6.07, 6.45) is 0. The van der Waals surface area contributed by atoms with Gasteiger partial charge >= 0.3 is 19.8 Å². The van der Waals surface area contributed by atoms with E-state index in [9.17, 15) is 10.9 Å². The summed E-state index contributed by atoms with van der Waals surface area (Å²) in [4.78, 5) is 10.7. The SMILES string of the molecule is NC(=O)c1ccccc1I(=O)=O. The molecule has 0 saturated heterocycles. The number of hydrogen-bond acceptors (Lipinski definition) is 3. The van der Waals surface area contributed by atoms with Crippen molar-refractivity contribution in [2.24, 2.45) is 5.73 Å². The smallest absolute Gasteiger partial charge is 0.341 e. The third kappa shape index (κ3) is 1.79. The summed E-state index contributed by atoms with van der Waals surface area (Å²) >= 11 is -3.59.